The Hall–Kier alpha value is -0.820. The van der Waals surface area contributed by atoms with E-state index in [0.29, 0.717) is 0 Å². The third kappa shape index (κ3) is 4.10. The summed E-state index contributed by atoms with van der Waals surface area (Å²) in [5.41, 5.74) is 7.35. The summed E-state index contributed by atoms with van der Waals surface area (Å²) in [6.45, 7) is 2.08. The van der Waals surface area contributed by atoms with E-state index in [9.17, 15) is 0 Å². The number of nitrogens with two attached hydrogens (primary N) is 1. The van der Waals surface area contributed by atoms with Gasteiger partial charge in [0.25, 0.3) is 0 Å². The molecular weight excluding hydrogens is 324 g/mol. The fourth-order valence-corrected chi connectivity index (χ4v) is 4.39. The van der Waals surface area contributed by atoms with Crippen LogP contribution in [0.3, 0.4) is 0 Å². The molecule has 2 aromatic rings. The Morgan fingerprint density at radius 3 is 2.62 bits per heavy atom. The molecule has 2 atom stereocenters. The van der Waals surface area contributed by atoms with Crippen molar-refractivity contribution in [2.75, 3.05) is 19.0 Å². The normalized spacial score (nSPS) is 14.0. The molecule has 21 heavy (non-hydrogen) atoms. The smallest absolute Gasteiger partial charge is 0.208 e. The summed E-state index contributed by atoms with van der Waals surface area (Å²) < 4.78 is 0.910. The Kier molecular flexibility index (Phi) is 5.87. The average Bonchev–Trinajstić information content (AvgIpc) is 2.94. The first-order chi connectivity index (χ1) is 10.0. The van der Waals surface area contributed by atoms with Crippen molar-refractivity contribution in [3.8, 4) is 0 Å². The van der Waals surface area contributed by atoms with E-state index in [1.807, 2.05) is 43.3 Å². The standard InChI is InChI=1S/C14H19ClN4S2/c1-4-11(16)12(9-7-5-6-8-10(9)15)20-14-18-17-13(21-14)19(2)3/h5-8,11-12H,4,16H2,1-3H3. The summed E-state index contributed by atoms with van der Waals surface area (Å²) >= 11 is 9.53. The van der Waals surface area contributed by atoms with Gasteiger partial charge in [0.15, 0.2) is 4.34 Å². The predicted molar refractivity (Wildman–Crippen MR) is 92.6 cm³/mol. The van der Waals surface area contributed by atoms with Crippen LogP contribution >= 0.6 is 34.7 Å². The van der Waals surface area contributed by atoms with Crippen LogP contribution in [0.15, 0.2) is 28.6 Å². The Balaban J connectivity index is 2.26. The van der Waals surface area contributed by atoms with Crippen LogP contribution in [-0.4, -0.2) is 30.3 Å². The van der Waals surface area contributed by atoms with Crippen molar-refractivity contribution in [2.45, 2.75) is 29.0 Å². The van der Waals surface area contributed by atoms with Gasteiger partial charge in [0.05, 0.1) is 5.25 Å². The number of anilines is 1. The quantitative estimate of drug-likeness (QED) is 0.808. The van der Waals surface area contributed by atoms with Gasteiger partial charge in [-0.3, -0.25) is 0 Å². The molecule has 0 fully saturated rings. The second kappa shape index (κ2) is 7.45. The minimum Gasteiger partial charge on any atom is -0.353 e. The van der Waals surface area contributed by atoms with Crippen LogP contribution in [0.4, 0.5) is 5.13 Å². The first-order valence-corrected chi connectivity index (χ1v) is 8.77. The van der Waals surface area contributed by atoms with Crippen LogP contribution in [0.5, 0.6) is 0 Å². The van der Waals surface area contributed by atoms with E-state index in [2.05, 4.69) is 17.1 Å². The maximum absolute atomic E-state index is 6.33. The molecule has 0 saturated heterocycles. The molecule has 0 bridgehead atoms. The lowest BCUT2D eigenvalue weighted by Gasteiger charge is -2.22. The van der Waals surface area contributed by atoms with E-state index in [1.165, 1.54) is 0 Å². The van der Waals surface area contributed by atoms with Crippen molar-refractivity contribution < 1.29 is 0 Å². The average molecular weight is 343 g/mol. The molecule has 1 aromatic heterocycles. The Labute approximate surface area is 138 Å². The van der Waals surface area contributed by atoms with Crippen molar-refractivity contribution in [3.63, 3.8) is 0 Å². The summed E-state index contributed by atoms with van der Waals surface area (Å²) in [4.78, 5) is 1.95. The van der Waals surface area contributed by atoms with Crippen molar-refractivity contribution in [1.29, 1.82) is 0 Å². The number of halogens is 1. The van der Waals surface area contributed by atoms with Crippen LogP contribution in [0.25, 0.3) is 0 Å². The van der Waals surface area contributed by atoms with E-state index in [-0.39, 0.29) is 11.3 Å². The van der Waals surface area contributed by atoms with Gasteiger partial charge in [-0.15, -0.1) is 10.2 Å². The molecule has 4 nitrogen and oxygen atoms in total. The maximum atomic E-state index is 6.33. The minimum absolute atomic E-state index is 0.0154. The predicted octanol–water partition coefficient (Wildman–Crippen LogP) is 3.83. The highest BCUT2D eigenvalue weighted by atomic mass is 35.5. The molecule has 0 aliphatic rings. The summed E-state index contributed by atoms with van der Waals surface area (Å²) in [7, 11) is 3.91. The fourth-order valence-electron chi connectivity index (χ4n) is 1.84. The van der Waals surface area contributed by atoms with Gasteiger partial charge in [0, 0.05) is 25.2 Å². The van der Waals surface area contributed by atoms with Gasteiger partial charge in [-0.05, 0) is 18.1 Å². The molecule has 0 spiro atoms. The first-order valence-electron chi connectivity index (χ1n) is 6.70. The van der Waals surface area contributed by atoms with Gasteiger partial charge >= 0.3 is 0 Å². The summed E-state index contributed by atoms with van der Waals surface area (Å²) in [5, 5.41) is 10.1. The monoisotopic (exact) mass is 342 g/mol. The van der Waals surface area contributed by atoms with E-state index < -0.39 is 0 Å². The zero-order valence-corrected chi connectivity index (χ0v) is 14.7. The number of hydrogen-bond donors (Lipinski definition) is 1. The molecule has 0 amide bonds. The number of hydrogen-bond acceptors (Lipinski definition) is 6. The zero-order valence-electron chi connectivity index (χ0n) is 12.3. The number of rotatable bonds is 6. The molecule has 0 aliphatic heterocycles. The van der Waals surface area contributed by atoms with Crippen molar-refractivity contribution in [2.24, 2.45) is 5.73 Å². The van der Waals surface area contributed by atoms with E-state index >= 15 is 0 Å². The van der Waals surface area contributed by atoms with Gasteiger partial charge in [-0.1, -0.05) is 59.8 Å². The highest BCUT2D eigenvalue weighted by Gasteiger charge is 2.24. The highest BCUT2D eigenvalue weighted by Crippen LogP contribution is 2.42. The topological polar surface area (TPSA) is 55.0 Å². The third-order valence-electron chi connectivity index (χ3n) is 3.08. The largest absolute Gasteiger partial charge is 0.353 e. The summed E-state index contributed by atoms with van der Waals surface area (Å²) in [6, 6.07) is 7.87. The van der Waals surface area contributed by atoms with E-state index in [4.69, 9.17) is 17.3 Å². The number of thioether (sulfide) groups is 1. The van der Waals surface area contributed by atoms with Crippen LogP contribution in [-0.2, 0) is 0 Å². The lowest BCUT2D eigenvalue weighted by molar-refractivity contribution is 0.634. The molecule has 1 heterocycles. The van der Waals surface area contributed by atoms with E-state index in [1.54, 1.807) is 23.1 Å². The molecule has 0 saturated carbocycles. The molecule has 7 heteroatoms. The Morgan fingerprint density at radius 1 is 1.33 bits per heavy atom. The second-order valence-electron chi connectivity index (χ2n) is 4.88. The number of aromatic nitrogens is 2. The van der Waals surface area contributed by atoms with Gasteiger partial charge in [0.1, 0.15) is 0 Å². The lowest BCUT2D eigenvalue weighted by atomic mass is 10.0. The van der Waals surface area contributed by atoms with Crippen LogP contribution < -0.4 is 10.6 Å². The van der Waals surface area contributed by atoms with Gasteiger partial charge < -0.3 is 10.6 Å². The van der Waals surface area contributed by atoms with Crippen molar-refractivity contribution >= 4 is 39.8 Å². The van der Waals surface area contributed by atoms with Gasteiger partial charge in [-0.2, -0.15) is 0 Å². The third-order valence-corrected chi connectivity index (χ3v) is 5.99. The molecule has 0 aliphatic carbocycles. The molecule has 0 radical (unpaired) electrons. The molecule has 2 rings (SSSR count). The molecule has 114 valence electrons. The molecule has 1 aromatic carbocycles. The van der Waals surface area contributed by atoms with Gasteiger partial charge in [-0.25, -0.2) is 0 Å². The molecule has 2 unspecified atom stereocenters. The first kappa shape index (κ1) is 16.5. The minimum atomic E-state index is 0.0154. The Bertz CT molecular complexity index is 588. The SMILES string of the molecule is CCC(N)C(Sc1nnc(N(C)C)s1)c1ccccc1Cl. The van der Waals surface area contributed by atoms with Crippen molar-refractivity contribution in [3.05, 3.63) is 34.9 Å². The zero-order chi connectivity index (χ0) is 15.4. The highest BCUT2D eigenvalue weighted by molar-refractivity contribution is 8.01. The lowest BCUT2D eigenvalue weighted by Crippen LogP contribution is -2.25. The van der Waals surface area contributed by atoms with Crippen molar-refractivity contribution in [1.82, 2.24) is 10.2 Å². The summed E-state index contributed by atoms with van der Waals surface area (Å²) in [5.74, 6) is 0. The molecule has 2 N–H and O–H groups in total. The van der Waals surface area contributed by atoms with E-state index in [0.717, 1.165) is 26.5 Å². The van der Waals surface area contributed by atoms with Crippen LogP contribution in [0.2, 0.25) is 5.02 Å². The van der Waals surface area contributed by atoms with Gasteiger partial charge in [0.2, 0.25) is 5.13 Å². The van der Waals surface area contributed by atoms with Crippen LogP contribution in [0.1, 0.15) is 24.2 Å². The maximum Gasteiger partial charge on any atom is 0.208 e. The Morgan fingerprint density at radius 2 is 2.05 bits per heavy atom. The second-order valence-corrected chi connectivity index (χ2v) is 7.63. The number of benzene rings is 1. The number of nitrogens with zero attached hydrogens (tertiary/aromatic N) is 3. The molecular formula is C14H19ClN4S2. The van der Waals surface area contributed by atoms with Crippen LogP contribution in [0, 0.1) is 0 Å². The summed E-state index contributed by atoms with van der Waals surface area (Å²) in [6.07, 6.45) is 0.877. The fraction of sp³-hybridized carbons (Fsp3) is 0.429.